The zero-order chi connectivity index (χ0) is 13.2. The molecule has 19 heavy (non-hydrogen) atoms. The van der Waals surface area contributed by atoms with Gasteiger partial charge in [0.25, 0.3) is 0 Å². The third-order valence-electron chi connectivity index (χ3n) is 3.18. The number of hydrogen-bond donors (Lipinski definition) is 0. The molecule has 0 aliphatic carbocycles. The van der Waals surface area contributed by atoms with E-state index in [1.807, 2.05) is 0 Å². The fourth-order valence-corrected chi connectivity index (χ4v) is 2.30. The summed E-state index contributed by atoms with van der Waals surface area (Å²) >= 11 is 0. The molecule has 6 heteroatoms. The number of carbonyl (C=O) groups excluding carboxylic acids is 2. The largest absolute Gasteiger partial charge is 0.486 e. The highest BCUT2D eigenvalue weighted by Crippen LogP contribution is 2.35. The summed E-state index contributed by atoms with van der Waals surface area (Å²) in [5.74, 6) is 1.27. The first kappa shape index (κ1) is 11.7. The van der Waals surface area contributed by atoms with Crippen LogP contribution in [-0.4, -0.2) is 37.8 Å². The molecule has 0 bridgehead atoms. The number of ether oxygens (including phenoxy) is 2. The van der Waals surface area contributed by atoms with Gasteiger partial charge in [0.05, 0.1) is 12.5 Å². The van der Waals surface area contributed by atoms with Crippen molar-refractivity contribution < 1.29 is 19.1 Å². The highest BCUT2D eigenvalue weighted by atomic mass is 16.6. The topological polar surface area (TPSA) is 68.2 Å². The van der Waals surface area contributed by atoms with Gasteiger partial charge in [-0.2, -0.15) is 0 Å². The van der Waals surface area contributed by atoms with Crippen molar-refractivity contribution in [2.45, 2.75) is 12.5 Å². The van der Waals surface area contributed by atoms with Crippen molar-refractivity contribution >= 4 is 17.7 Å². The van der Waals surface area contributed by atoms with Crippen molar-refractivity contribution in [2.24, 2.45) is 4.99 Å². The molecule has 0 spiro atoms. The quantitative estimate of drug-likeness (QED) is 0.585. The fraction of sp³-hybridized carbons (Fsp3) is 0.385. The number of amides is 1. The zero-order valence-corrected chi connectivity index (χ0v) is 10.2. The van der Waals surface area contributed by atoms with Gasteiger partial charge in [0, 0.05) is 18.3 Å². The van der Waals surface area contributed by atoms with Crippen LogP contribution in [0.4, 0.5) is 5.69 Å². The zero-order valence-electron chi connectivity index (χ0n) is 10.2. The third-order valence-corrected chi connectivity index (χ3v) is 3.18. The lowest BCUT2D eigenvalue weighted by Gasteiger charge is -2.22. The predicted octanol–water partition coefficient (Wildman–Crippen LogP) is 0.899. The average Bonchev–Trinajstić information content (AvgIpc) is 2.79. The van der Waals surface area contributed by atoms with Crippen LogP contribution in [0.15, 0.2) is 23.2 Å². The van der Waals surface area contributed by atoms with E-state index >= 15 is 0 Å². The Morgan fingerprint density at radius 3 is 2.84 bits per heavy atom. The van der Waals surface area contributed by atoms with Crippen molar-refractivity contribution in [2.75, 3.05) is 24.7 Å². The summed E-state index contributed by atoms with van der Waals surface area (Å²) in [4.78, 5) is 27.4. The van der Waals surface area contributed by atoms with E-state index in [9.17, 15) is 9.59 Å². The van der Waals surface area contributed by atoms with Gasteiger partial charge in [-0.05, 0) is 12.1 Å². The van der Waals surface area contributed by atoms with E-state index in [1.165, 1.54) is 6.08 Å². The molecule has 0 N–H and O–H groups in total. The van der Waals surface area contributed by atoms with Crippen molar-refractivity contribution in [1.29, 1.82) is 0 Å². The number of aliphatic imine (C=N–C) groups is 1. The molecule has 1 atom stereocenters. The van der Waals surface area contributed by atoms with Crippen LogP contribution in [0.3, 0.4) is 0 Å². The Balaban J connectivity index is 1.86. The number of benzene rings is 1. The predicted molar refractivity (Wildman–Crippen MR) is 66.3 cm³/mol. The van der Waals surface area contributed by atoms with Gasteiger partial charge in [-0.25, -0.2) is 9.79 Å². The Bertz CT molecular complexity index is 566. The molecule has 1 saturated heterocycles. The molecule has 1 aromatic carbocycles. The summed E-state index contributed by atoms with van der Waals surface area (Å²) in [5, 5.41) is 0. The van der Waals surface area contributed by atoms with Crippen molar-refractivity contribution in [3.63, 3.8) is 0 Å². The Hall–Kier alpha value is -2.33. The van der Waals surface area contributed by atoms with Gasteiger partial charge in [-0.1, -0.05) is 0 Å². The van der Waals surface area contributed by atoms with Gasteiger partial charge in [0.1, 0.15) is 13.2 Å². The van der Waals surface area contributed by atoms with Crippen LogP contribution in [0.2, 0.25) is 0 Å². The SMILES string of the molecule is O=C=NC1CC(=O)N(c2ccc3c(c2)OCCO3)C1. The summed E-state index contributed by atoms with van der Waals surface area (Å²) in [7, 11) is 0. The number of isocyanates is 1. The van der Waals surface area contributed by atoms with E-state index in [0.29, 0.717) is 31.3 Å². The first-order valence-corrected chi connectivity index (χ1v) is 6.05. The van der Waals surface area contributed by atoms with E-state index in [4.69, 9.17) is 9.47 Å². The monoisotopic (exact) mass is 260 g/mol. The molecule has 0 saturated carbocycles. The number of fused-ring (bicyclic) bond motifs is 1. The molecule has 6 nitrogen and oxygen atoms in total. The van der Waals surface area contributed by atoms with Crippen LogP contribution in [0.25, 0.3) is 0 Å². The maximum Gasteiger partial charge on any atom is 0.235 e. The number of rotatable bonds is 2. The van der Waals surface area contributed by atoms with Gasteiger partial charge in [0.15, 0.2) is 11.5 Å². The van der Waals surface area contributed by atoms with Crippen molar-refractivity contribution in [1.82, 2.24) is 0 Å². The lowest BCUT2D eigenvalue weighted by Crippen LogP contribution is -2.25. The Labute approximate surface area is 109 Å². The minimum atomic E-state index is -0.307. The number of hydrogen-bond acceptors (Lipinski definition) is 5. The van der Waals surface area contributed by atoms with Crippen LogP contribution < -0.4 is 14.4 Å². The molecular weight excluding hydrogens is 248 g/mol. The molecule has 2 aliphatic rings. The molecule has 2 aliphatic heterocycles. The number of anilines is 1. The molecule has 1 unspecified atom stereocenters. The first-order chi connectivity index (χ1) is 9.28. The average molecular weight is 260 g/mol. The Kier molecular flexibility index (Phi) is 2.93. The maximum absolute atomic E-state index is 11.9. The summed E-state index contributed by atoms with van der Waals surface area (Å²) in [5.41, 5.74) is 0.734. The normalized spacial score (nSPS) is 21.2. The smallest absolute Gasteiger partial charge is 0.235 e. The second kappa shape index (κ2) is 4.74. The highest BCUT2D eigenvalue weighted by Gasteiger charge is 2.31. The maximum atomic E-state index is 11.9. The number of carbonyl (C=O) groups is 1. The van der Waals surface area contributed by atoms with Crippen LogP contribution >= 0.6 is 0 Å². The standard InChI is InChI=1S/C13H12N2O4/c16-8-14-9-5-13(17)15(7-9)10-1-2-11-12(6-10)19-4-3-18-11/h1-2,6,9H,3-5,7H2. The molecular formula is C13H12N2O4. The van der Waals surface area contributed by atoms with E-state index in [1.54, 1.807) is 23.1 Å². The van der Waals surface area contributed by atoms with Gasteiger partial charge in [-0.15, -0.1) is 0 Å². The van der Waals surface area contributed by atoms with Gasteiger partial charge in [0.2, 0.25) is 12.0 Å². The van der Waals surface area contributed by atoms with Gasteiger partial charge < -0.3 is 14.4 Å². The third kappa shape index (κ3) is 2.18. The molecule has 1 amide bonds. The molecule has 0 aromatic heterocycles. The number of nitrogens with zero attached hydrogens (tertiary/aromatic N) is 2. The first-order valence-electron chi connectivity index (χ1n) is 6.05. The molecule has 3 rings (SSSR count). The Morgan fingerprint density at radius 2 is 2.05 bits per heavy atom. The summed E-state index contributed by atoms with van der Waals surface area (Å²) in [6.45, 7) is 1.43. The van der Waals surface area contributed by atoms with Crippen LogP contribution in [-0.2, 0) is 9.59 Å². The van der Waals surface area contributed by atoms with E-state index < -0.39 is 0 Å². The van der Waals surface area contributed by atoms with Gasteiger partial charge in [-0.3, -0.25) is 4.79 Å². The van der Waals surface area contributed by atoms with Crippen LogP contribution in [0.1, 0.15) is 6.42 Å². The lowest BCUT2D eigenvalue weighted by molar-refractivity contribution is -0.117. The summed E-state index contributed by atoms with van der Waals surface area (Å²) in [6, 6.07) is 5.06. The fourth-order valence-electron chi connectivity index (χ4n) is 2.30. The molecule has 98 valence electrons. The second-order valence-corrected chi connectivity index (χ2v) is 4.41. The van der Waals surface area contributed by atoms with Gasteiger partial charge >= 0.3 is 0 Å². The molecule has 2 heterocycles. The van der Waals surface area contributed by atoms with E-state index in [0.717, 1.165) is 5.69 Å². The molecule has 0 radical (unpaired) electrons. The second-order valence-electron chi connectivity index (χ2n) is 4.41. The van der Waals surface area contributed by atoms with Crippen molar-refractivity contribution in [3.05, 3.63) is 18.2 Å². The minimum Gasteiger partial charge on any atom is -0.486 e. The Morgan fingerprint density at radius 1 is 1.26 bits per heavy atom. The lowest BCUT2D eigenvalue weighted by atomic mass is 10.2. The van der Waals surface area contributed by atoms with Crippen molar-refractivity contribution in [3.8, 4) is 11.5 Å². The van der Waals surface area contributed by atoms with E-state index in [2.05, 4.69) is 4.99 Å². The molecule has 1 fully saturated rings. The summed E-state index contributed by atoms with van der Waals surface area (Å²) < 4.78 is 10.9. The van der Waals surface area contributed by atoms with E-state index in [-0.39, 0.29) is 18.4 Å². The van der Waals surface area contributed by atoms with Crippen LogP contribution in [0, 0.1) is 0 Å². The highest BCUT2D eigenvalue weighted by molar-refractivity contribution is 5.96. The molecule has 1 aromatic rings. The van der Waals surface area contributed by atoms with Crippen LogP contribution in [0.5, 0.6) is 11.5 Å². The summed E-state index contributed by atoms with van der Waals surface area (Å²) in [6.07, 6.45) is 1.74. The minimum absolute atomic E-state index is 0.0549.